The predicted octanol–water partition coefficient (Wildman–Crippen LogP) is 5.47. The summed E-state index contributed by atoms with van der Waals surface area (Å²) in [6.07, 6.45) is 15.9. The van der Waals surface area contributed by atoms with Crippen molar-refractivity contribution in [2.45, 2.75) is 72.1 Å². The van der Waals surface area contributed by atoms with E-state index in [2.05, 4.69) is 45.0 Å². The van der Waals surface area contributed by atoms with Gasteiger partial charge in [-0.1, -0.05) is 64.9 Å². The summed E-state index contributed by atoms with van der Waals surface area (Å²) in [7, 11) is 2.18. The van der Waals surface area contributed by atoms with E-state index in [1.54, 1.807) is 0 Å². The summed E-state index contributed by atoms with van der Waals surface area (Å²) in [5.41, 5.74) is 0. The Labute approximate surface area is 121 Å². The lowest BCUT2D eigenvalue weighted by atomic mass is 9.73. The van der Waals surface area contributed by atoms with Crippen molar-refractivity contribution in [1.29, 1.82) is 0 Å². The van der Waals surface area contributed by atoms with Crippen LogP contribution in [0.2, 0.25) is 0 Å². The van der Waals surface area contributed by atoms with Crippen molar-refractivity contribution >= 4 is 0 Å². The molecule has 0 aromatic rings. The van der Waals surface area contributed by atoms with Crippen LogP contribution in [-0.2, 0) is 0 Å². The summed E-state index contributed by atoms with van der Waals surface area (Å²) in [5, 5.41) is 0. The van der Waals surface area contributed by atoms with E-state index < -0.39 is 0 Å². The smallest absolute Gasteiger partial charge is 0.0171 e. The lowest BCUT2D eigenvalue weighted by Crippen LogP contribution is -2.21. The van der Waals surface area contributed by atoms with Gasteiger partial charge < -0.3 is 4.90 Å². The van der Waals surface area contributed by atoms with Crippen LogP contribution >= 0.6 is 0 Å². The van der Waals surface area contributed by atoms with Gasteiger partial charge in [0.05, 0.1) is 0 Å². The minimum Gasteiger partial charge on any atom is -0.381 e. The van der Waals surface area contributed by atoms with Gasteiger partial charge in [0.25, 0.3) is 0 Å². The summed E-state index contributed by atoms with van der Waals surface area (Å²) in [6, 6.07) is 0. The van der Waals surface area contributed by atoms with Gasteiger partial charge in [0.2, 0.25) is 0 Å². The van der Waals surface area contributed by atoms with Crippen LogP contribution in [-0.4, -0.2) is 18.5 Å². The molecule has 0 N–H and O–H groups in total. The van der Waals surface area contributed by atoms with Gasteiger partial charge in [-0.2, -0.15) is 0 Å². The second kappa shape index (κ2) is 9.44. The van der Waals surface area contributed by atoms with E-state index in [0.717, 1.165) is 17.8 Å². The third kappa shape index (κ3) is 6.49. The molecule has 0 radical (unpaired) electrons. The standard InChI is InChI=1S/C18H35N/c1-5-14-19(4)15-13-16(3)9-7-10-17(6-2)18-11-8-12-18/h5,14,16-18H,6-13,15H2,1-4H3/b14-5-. The van der Waals surface area contributed by atoms with Gasteiger partial charge >= 0.3 is 0 Å². The second-order valence-electron chi connectivity index (χ2n) is 6.65. The number of rotatable bonds is 10. The molecule has 1 aliphatic carbocycles. The molecule has 112 valence electrons. The number of hydrogen-bond acceptors (Lipinski definition) is 1. The third-order valence-electron chi connectivity index (χ3n) is 4.99. The molecule has 0 bridgehead atoms. The Kier molecular flexibility index (Phi) is 8.25. The molecule has 19 heavy (non-hydrogen) atoms. The van der Waals surface area contributed by atoms with Crippen LogP contribution < -0.4 is 0 Å². The summed E-state index contributed by atoms with van der Waals surface area (Å²) >= 11 is 0. The highest BCUT2D eigenvalue weighted by Crippen LogP contribution is 2.37. The van der Waals surface area contributed by atoms with E-state index >= 15 is 0 Å². The van der Waals surface area contributed by atoms with Crippen molar-refractivity contribution in [3.8, 4) is 0 Å². The maximum absolute atomic E-state index is 2.42. The summed E-state index contributed by atoms with van der Waals surface area (Å²) in [4.78, 5) is 2.31. The fraction of sp³-hybridized carbons (Fsp3) is 0.889. The fourth-order valence-corrected chi connectivity index (χ4v) is 3.31. The summed E-state index contributed by atoms with van der Waals surface area (Å²) in [5.74, 6) is 3.00. The van der Waals surface area contributed by atoms with Crippen LogP contribution in [0.1, 0.15) is 72.1 Å². The Morgan fingerprint density at radius 2 is 1.95 bits per heavy atom. The van der Waals surface area contributed by atoms with E-state index in [0.29, 0.717) is 0 Å². The molecule has 0 amide bonds. The zero-order valence-corrected chi connectivity index (χ0v) is 13.7. The monoisotopic (exact) mass is 265 g/mol. The van der Waals surface area contributed by atoms with Crippen molar-refractivity contribution in [2.75, 3.05) is 13.6 Å². The highest BCUT2D eigenvalue weighted by molar-refractivity contribution is 4.78. The van der Waals surface area contributed by atoms with Crippen molar-refractivity contribution in [1.82, 2.24) is 4.90 Å². The van der Waals surface area contributed by atoms with E-state index in [1.807, 2.05) is 0 Å². The van der Waals surface area contributed by atoms with E-state index in [1.165, 1.54) is 57.9 Å². The molecular formula is C18H35N. The van der Waals surface area contributed by atoms with Crippen LogP contribution in [0.25, 0.3) is 0 Å². The highest BCUT2D eigenvalue weighted by atomic mass is 15.1. The quantitative estimate of drug-likeness (QED) is 0.506. The van der Waals surface area contributed by atoms with Crippen LogP contribution in [0.3, 0.4) is 0 Å². The number of allylic oxidation sites excluding steroid dienone is 1. The lowest BCUT2D eigenvalue weighted by molar-refractivity contribution is 0.184. The van der Waals surface area contributed by atoms with Crippen LogP contribution in [0.5, 0.6) is 0 Å². The topological polar surface area (TPSA) is 3.24 Å². The van der Waals surface area contributed by atoms with E-state index in [-0.39, 0.29) is 0 Å². The second-order valence-corrected chi connectivity index (χ2v) is 6.65. The van der Waals surface area contributed by atoms with Gasteiger partial charge in [0.1, 0.15) is 0 Å². The van der Waals surface area contributed by atoms with Crippen molar-refractivity contribution in [3.63, 3.8) is 0 Å². The van der Waals surface area contributed by atoms with E-state index in [4.69, 9.17) is 0 Å². The zero-order chi connectivity index (χ0) is 14.1. The van der Waals surface area contributed by atoms with Crippen molar-refractivity contribution < 1.29 is 0 Å². The third-order valence-corrected chi connectivity index (χ3v) is 4.99. The molecule has 1 aliphatic rings. The molecule has 1 fully saturated rings. The molecule has 2 unspecified atom stereocenters. The molecule has 0 spiro atoms. The fourth-order valence-electron chi connectivity index (χ4n) is 3.31. The Morgan fingerprint density at radius 3 is 2.47 bits per heavy atom. The molecule has 2 atom stereocenters. The van der Waals surface area contributed by atoms with Gasteiger partial charge in [-0.15, -0.1) is 0 Å². The van der Waals surface area contributed by atoms with Gasteiger partial charge in [0, 0.05) is 13.6 Å². The molecule has 0 aromatic carbocycles. The minimum atomic E-state index is 0.881. The van der Waals surface area contributed by atoms with Crippen LogP contribution in [0, 0.1) is 17.8 Å². The Balaban J connectivity index is 2.06. The number of hydrogen-bond donors (Lipinski definition) is 0. The largest absolute Gasteiger partial charge is 0.381 e. The molecular weight excluding hydrogens is 230 g/mol. The normalized spacial score (nSPS) is 19.4. The first-order valence-electron chi connectivity index (χ1n) is 8.50. The summed E-state index contributed by atoms with van der Waals surface area (Å²) in [6.45, 7) is 8.10. The average molecular weight is 265 g/mol. The van der Waals surface area contributed by atoms with Crippen molar-refractivity contribution in [3.05, 3.63) is 12.3 Å². The Morgan fingerprint density at radius 1 is 1.21 bits per heavy atom. The highest BCUT2D eigenvalue weighted by Gasteiger charge is 2.25. The lowest BCUT2D eigenvalue weighted by Gasteiger charge is -2.33. The predicted molar refractivity (Wildman–Crippen MR) is 86.2 cm³/mol. The number of nitrogens with zero attached hydrogens (tertiary/aromatic N) is 1. The van der Waals surface area contributed by atoms with E-state index in [9.17, 15) is 0 Å². The van der Waals surface area contributed by atoms with Crippen molar-refractivity contribution in [2.24, 2.45) is 17.8 Å². The molecule has 0 heterocycles. The van der Waals surface area contributed by atoms with Gasteiger partial charge in [0.15, 0.2) is 0 Å². The first-order valence-corrected chi connectivity index (χ1v) is 8.50. The zero-order valence-electron chi connectivity index (χ0n) is 13.7. The maximum atomic E-state index is 2.42. The van der Waals surface area contributed by atoms with Crippen LogP contribution in [0.15, 0.2) is 12.3 Å². The molecule has 1 heteroatoms. The maximum Gasteiger partial charge on any atom is 0.0171 e. The van der Waals surface area contributed by atoms with Gasteiger partial charge in [-0.05, 0) is 37.3 Å². The van der Waals surface area contributed by atoms with Gasteiger partial charge in [-0.3, -0.25) is 0 Å². The SMILES string of the molecule is C/C=C\N(C)CCC(C)CCCC(CC)C1CCC1. The molecule has 1 nitrogen and oxygen atoms in total. The Hall–Kier alpha value is -0.460. The molecule has 1 rings (SSSR count). The molecule has 0 saturated heterocycles. The average Bonchev–Trinajstić information content (AvgIpc) is 2.33. The molecule has 0 aromatic heterocycles. The minimum absolute atomic E-state index is 0.881. The van der Waals surface area contributed by atoms with Crippen LogP contribution in [0.4, 0.5) is 0 Å². The first kappa shape index (κ1) is 16.6. The molecule has 1 saturated carbocycles. The Bertz CT molecular complexity index is 242. The van der Waals surface area contributed by atoms with Gasteiger partial charge in [-0.25, -0.2) is 0 Å². The first-order chi connectivity index (χ1) is 9.17. The molecule has 0 aliphatic heterocycles. The summed E-state index contributed by atoms with van der Waals surface area (Å²) < 4.78 is 0.